The summed E-state index contributed by atoms with van der Waals surface area (Å²) >= 11 is 0. The van der Waals surface area contributed by atoms with Crippen molar-refractivity contribution in [1.29, 1.82) is 0 Å². The summed E-state index contributed by atoms with van der Waals surface area (Å²) in [5.74, 6) is 0.490. The van der Waals surface area contributed by atoms with Crippen LogP contribution in [-0.4, -0.2) is 50.4 Å². The minimum atomic E-state index is -0.372. The van der Waals surface area contributed by atoms with Gasteiger partial charge in [0.15, 0.2) is 11.5 Å². The molecule has 0 aromatic heterocycles. The highest BCUT2D eigenvalue weighted by Gasteiger charge is 2.24. The lowest BCUT2D eigenvalue weighted by molar-refractivity contribution is 0.0827. The van der Waals surface area contributed by atoms with Crippen LogP contribution in [-0.2, 0) is 11.3 Å². The molecule has 0 spiro atoms. The molecule has 0 saturated carbocycles. The topological polar surface area (TPSA) is 60.0 Å². The SMILES string of the molecule is COc1cc(F)ccc1OCC[C@@H]1CN(C(=O)OCc2ccccc2)CCN1.Cl. The minimum Gasteiger partial charge on any atom is -0.493 e. The minimum absolute atomic E-state index is 0. The van der Waals surface area contributed by atoms with Gasteiger partial charge in [0.2, 0.25) is 0 Å². The summed E-state index contributed by atoms with van der Waals surface area (Å²) in [6, 6.07) is 13.9. The fourth-order valence-corrected chi connectivity index (χ4v) is 3.07. The molecule has 3 rings (SSSR count). The molecular formula is C21H26ClFN2O4. The van der Waals surface area contributed by atoms with Crippen molar-refractivity contribution >= 4 is 18.5 Å². The van der Waals surface area contributed by atoms with E-state index < -0.39 is 0 Å². The molecule has 1 atom stereocenters. The lowest BCUT2D eigenvalue weighted by atomic mass is 10.1. The van der Waals surface area contributed by atoms with E-state index in [-0.39, 0.29) is 37.0 Å². The molecule has 0 aliphatic carbocycles. The molecule has 1 fully saturated rings. The number of hydrogen-bond donors (Lipinski definition) is 1. The summed E-state index contributed by atoms with van der Waals surface area (Å²) in [4.78, 5) is 14.0. The van der Waals surface area contributed by atoms with Crippen molar-refractivity contribution in [2.45, 2.75) is 19.1 Å². The second-order valence-electron chi connectivity index (χ2n) is 6.57. The predicted molar refractivity (Wildman–Crippen MR) is 110 cm³/mol. The van der Waals surface area contributed by atoms with E-state index in [1.165, 1.54) is 19.2 Å². The molecule has 2 aromatic carbocycles. The smallest absolute Gasteiger partial charge is 0.410 e. The maximum Gasteiger partial charge on any atom is 0.410 e. The molecule has 1 heterocycles. The highest BCUT2D eigenvalue weighted by Crippen LogP contribution is 2.27. The Balaban J connectivity index is 0.00000300. The average Bonchev–Trinajstić information content (AvgIpc) is 2.74. The van der Waals surface area contributed by atoms with Crippen molar-refractivity contribution in [2.75, 3.05) is 33.4 Å². The molecule has 8 heteroatoms. The number of piperazine rings is 1. The lowest BCUT2D eigenvalue weighted by Crippen LogP contribution is -2.53. The quantitative estimate of drug-likeness (QED) is 0.735. The standard InChI is InChI=1S/C21H25FN2O4.ClH/c1-26-20-13-17(22)7-8-19(20)27-12-9-18-14-24(11-10-23-18)21(25)28-15-16-5-3-2-4-6-16;/h2-8,13,18,23H,9-12,14-15H2,1H3;1H/t18-;/m1./s1. The summed E-state index contributed by atoms with van der Waals surface area (Å²) in [6.07, 6.45) is 0.389. The molecule has 1 aliphatic rings. The monoisotopic (exact) mass is 424 g/mol. The van der Waals surface area contributed by atoms with Gasteiger partial charge in [-0.15, -0.1) is 12.4 Å². The van der Waals surface area contributed by atoms with Crippen LogP contribution < -0.4 is 14.8 Å². The summed E-state index contributed by atoms with van der Waals surface area (Å²) in [5, 5.41) is 3.38. The van der Waals surface area contributed by atoms with Crippen molar-refractivity contribution < 1.29 is 23.4 Å². The van der Waals surface area contributed by atoms with Crippen molar-refractivity contribution in [2.24, 2.45) is 0 Å². The van der Waals surface area contributed by atoms with Gasteiger partial charge < -0.3 is 24.4 Å². The summed E-state index contributed by atoms with van der Waals surface area (Å²) < 4.78 is 29.5. The number of carbonyl (C=O) groups is 1. The first-order valence-corrected chi connectivity index (χ1v) is 9.31. The van der Waals surface area contributed by atoms with Gasteiger partial charge in [-0.2, -0.15) is 0 Å². The van der Waals surface area contributed by atoms with E-state index in [4.69, 9.17) is 14.2 Å². The van der Waals surface area contributed by atoms with Crippen LogP contribution in [0.25, 0.3) is 0 Å². The van der Waals surface area contributed by atoms with E-state index >= 15 is 0 Å². The predicted octanol–water partition coefficient (Wildman–Crippen LogP) is 3.64. The van der Waals surface area contributed by atoms with Gasteiger partial charge >= 0.3 is 6.09 Å². The van der Waals surface area contributed by atoms with Gasteiger partial charge in [0, 0.05) is 31.7 Å². The third kappa shape index (κ3) is 6.80. The third-order valence-electron chi connectivity index (χ3n) is 4.57. The summed E-state index contributed by atoms with van der Waals surface area (Å²) in [5.41, 5.74) is 0.962. The second-order valence-corrected chi connectivity index (χ2v) is 6.57. The Kier molecular flexibility index (Phi) is 9.02. The van der Waals surface area contributed by atoms with Crippen LogP contribution in [0.1, 0.15) is 12.0 Å². The molecule has 1 saturated heterocycles. The van der Waals surface area contributed by atoms with Crippen molar-refractivity contribution in [1.82, 2.24) is 10.2 Å². The Bertz CT molecular complexity index is 779. The number of rotatable bonds is 7. The number of ether oxygens (including phenoxy) is 3. The first-order valence-electron chi connectivity index (χ1n) is 9.31. The van der Waals surface area contributed by atoms with E-state index in [0.29, 0.717) is 44.2 Å². The first-order chi connectivity index (χ1) is 13.7. The van der Waals surface area contributed by atoms with Crippen molar-refractivity contribution in [3.05, 3.63) is 59.9 Å². The highest BCUT2D eigenvalue weighted by molar-refractivity contribution is 5.85. The van der Waals surface area contributed by atoms with Gasteiger partial charge in [-0.1, -0.05) is 30.3 Å². The van der Waals surface area contributed by atoms with E-state index in [1.807, 2.05) is 30.3 Å². The zero-order chi connectivity index (χ0) is 19.8. The molecule has 1 aliphatic heterocycles. The van der Waals surface area contributed by atoms with Gasteiger partial charge in [0.25, 0.3) is 0 Å². The molecular weight excluding hydrogens is 399 g/mol. The number of carbonyl (C=O) groups excluding carboxylic acids is 1. The molecule has 2 aromatic rings. The first kappa shape index (κ1) is 22.8. The van der Waals surface area contributed by atoms with Crippen molar-refractivity contribution in [3.8, 4) is 11.5 Å². The van der Waals surface area contributed by atoms with Crippen LogP contribution in [0.3, 0.4) is 0 Å². The second kappa shape index (κ2) is 11.5. The normalized spacial score (nSPS) is 15.9. The van der Waals surface area contributed by atoms with Gasteiger partial charge in [-0.05, 0) is 24.1 Å². The number of nitrogens with zero attached hydrogens (tertiary/aromatic N) is 1. The summed E-state index contributed by atoms with van der Waals surface area (Å²) in [7, 11) is 1.48. The summed E-state index contributed by atoms with van der Waals surface area (Å²) in [6.45, 7) is 2.55. The fraction of sp³-hybridized carbons (Fsp3) is 0.381. The molecule has 0 bridgehead atoms. The van der Waals surface area contributed by atoms with E-state index in [1.54, 1.807) is 11.0 Å². The molecule has 0 unspecified atom stereocenters. The Morgan fingerprint density at radius 2 is 2.00 bits per heavy atom. The molecule has 158 valence electrons. The number of benzene rings is 2. The van der Waals surface area contributed by atoms with Crippen LogP contribution >= 0.6 is 12.4 Å². The number of amides is 1. The van der Waals surface area contributed by atoms with Gasteiger partial charge in [0.05, 0.1) is 13.7 Å². The molecule has 29 heavy (non-hydrogen) atoms. The van der Waals surface area contributed by atoms with Crippen LogP contribution in [0.2, 0.25) is 0 Å². The maximum atomic E-state index is 13.2. The van der Waals surface area contributed by atoms with E-state index in [0.717, 1.165) is 5.56 Å². The number of nitrogens with one attached hydrogen (secondary N) is 1. The third-order valence-corrected chi connectivity index (χ3v) is 4.57. The molecule has 1 N–H and O–H groups in total. The Morgan fingerprint density at radius 1 is 1.21 bits per heavy atom. The number of halogens is 2. The average molecular weight is 425 g/mol. The fourth-order valence-electron chi connectivity index (χ4n) is 3.07. The highest BCUT2D eigenvalue weighted by atomic mass is 35.5. The zero-order valence-electron chi connectivity index (χ0n) is 16.3. The van der Waals surface area contributed by atoms with E-state index in [9.17, 15) is 9.18 Å². The molecule has 1 amide bonds. The van der Waals surface area contributed by atoms with E-state index in [2.05, 4.69) is 5.32 Å². The van der Waals surface area contributed by atoms with Crippen LogP contribution in [0.15, 0.2) is 48.5 Å². The van der Waals surface area contributed by atoms with Gasteiger partial charge in [-0.25, -0.2) is 9.18 Å². The zero-order valence-corrected chi connectivity index (χ0v) is 17.1. The Hall–Kier alpha value is -2.51. The maximum absolute atomic E-state index is 13.2. The largest absolute Gasteiger partial charge is 0.493 e. The van der Waals surface area contributed by atoms with Crippen LogP contribution in [0.5, 0.6) is 11.5 Å². The van der Waals surface area contributed by atoms with Gasteiger partial charge in [-0.3, -0.25) is 0 Å². The Morgan fingerprint density at radius 3 is 2.76 bits per heavy atom. The Labute approximate surface area is 176 Å². The van der Waals surface area contributed by atoms with Crippen LogP contribution in [0.4, 0.5) is 9.18 Å². The van der Waals surface area contributed by atoms with Crippen LogP contribution in [0, 0.1) is 5.82 Å². The molecule has 6 nitrogen and oxygen atoms in total. The number of methoxy groups -OCH3 is 1. The lowest BCUT2D eigenvalue weighted by Gasteiger charge is -2.33. The number of hydrogen-bond acceptors (Lipinski definition) is 5. The molecule has 0 radical (unpaired) electrons. The van der Waals surface area contributed by atoms with Crippen molar-refractivity contribution in [3.63, 3.8) is 0 Å². The van der Waals surface area contributed by atoms with Gasteiger partial charge in [0.1, 0.15) is 12.4 Å².